The Bertz CT molecular complexity index is 930. The van der Waals surface area contributed by atoms with E-state index < -0.39 is 6.36 Å². The Balaban J connectivity index is 2.30. The maximum atomic E-state index is 12.5. The van der Waals surface area contributed by atoms with Crippen molar-refractivity contribution < 1.29 is 23.0 Å². The van der Waals surface area contributed by atoms with Gasteiger partial charge in [-0.15, -0.1) is 13.2 Å². The fourth-order valence-electron chi connectivity index (χ4n) is 4.08. The van der Waals surface area contributed by atoms with Crippen molar-refractivity contribution >= 4 is 5.57 Å². The molecule has 0 aliphatic carbocycles. The molecule has 1 aliphatic heterocycles. The molecule has 0 radical (unpaired) electrons. The third-order valence-corrected chi connectivity index (χ3v) is 6.28. The maximum absolute atomic E-state index is 12.5. The Labute approximate surface area is 201 Å². The van der Waals surface area contributed by atoms with E-state index in [1.165, 1.54) is 12.1 Å². The predicted molar refractivity (Wildman–Crippen MR) is 132 cm³/mol. The van der Waals surface area contributed by atoms with Gasteiger partial charge in [0.05, 0.1) is 0 Å². The second-order valence-corrected chi connectivity index (χ2v) is 9.11. The number of alkyl halides is 3. The van der Waals surface area contributed by atoms with Crippen LogP contribution in [0.4, 0.5) is 13.2 Å². The summed E-state index contributed by atoms with van der Waals surface area (Å²) in [5.41, 5.74) is 5.77. The van der Waals surface area contributed by atoms with E-state index >= 15 is 0 Å². The van der Waals surface area contributed by atoms with Gasteiger partial charge >= 0.3 is 6.36 Å². The molecule has 1 N–H and O–H groups in total. The molecule has 1 atom stereocenters. The summed E-state index contributed by atoms with van der Waals surface area (Å²) in [4.78, 5) is 4.59. The van der Waals surface area contributed by atoms with Crippen LogP contribution in [0.15, 0.2) is 66.0 Å². The molecule has 0 amide bonds. The average Bonchev–Trinajstić information content (AvgIpc) is 2.75. The Morgan fingerprint density at radius 3 is 2.29 bits per heavy atom. The van der Waals surface area contributed by atoms with Gasteiger partial charge in [0, 0.05) is 50.1 Å². The van der Waals surface area contributed by atoms with Gasteiger partial charge in [-0.25, -0.2) is 0 Å². The van der Waals surface area contributed by atoms with Crippen molar-refractivity contribution in [1.29, 1.82) is 0 Å². The molecule has 0 spiro atoms. The van der Waals surface area contributed by atoms with E-state index in [2.05, 4.69) is 47.6 Å². The van der Waals surface area contributed by atoms with Crippen molar-refractivity contribution in [3.05, 3.63) is 71.6 Å². The fourth-order valence-corrected chi connectivity index (χ4v) is 4.08. The summed E-state index contributed by atoms with van der Waals surface area (Å²) >= 11 is 0. The molecule has 0 bridgehead atoms. The number of aliphatic hydroxyl groups is 1. The van der Waals surface area contributed by atoms with Gasteiger partial charge in [-0.3, -0.25) is 0 Å². The van der Waals surface area contributed by atoms with Crippen LogP contribution in [-0.4, -0.2) is 53.6 Å². The van der Waals surface area contributed by atoms with Crippen LogP contribution in [0, 0.1) is 5.92 Å². The number of allylic oxidation sites excluding steroid dienone is 5. The van der Waals surface area contributed by atoms with Crippen molar-refractivity contribution in [1.82, 2.24) is 9.80 Å². The normalized spacial score (nSPS) is 18.2. The molecule has 188 valence electrons. The number of piperazine rings is 1. The number of nitrogens with zero attached hydrogens (tertiary/aromatic N) is 2. The largest absolute Gasteiger partial charge is 0.573 e. The zero-order valence-corrected chi connectivity index (χ0v) is 20.9. The number of hydrogen-bond donors (Lipinski definition) is 1. The lowest BCUT2D eigenvalue weighted by molar-refractivity contribution is -0.274. The summed E-state index contributed by atoms with van der Waals surface area (Å²) < 4.78 is 41.6. The van der Waals surface area contributed by atoms with Crippen molar-refractivity contribution in [3.8, 4) is 5.75 Å². The average molecular weight is 479 g/mol. The highest BCUT2D eigenvalue weighted by Crippen LogP contribution is 2.32. The van der Waals surface area contributed by atoms with Crippen molar-refractivity contribution in [2.75, 3.05) is 26.2 Å². The number of aliphatic hydroxyl groups excluding tert-OH is 1. The minimum atomic E-state index is -4.72. The minimum absolute atomic E-state index is 0.0976. The zero-order chi connectivity index (χ0) is 25.6. The molecular weight excluding hydrogens is 441 g/mol. The Morgan fingerprint density at radius 1 is 1.18 bits per heavy atom. The van der Waals surface area contributed by atoms with Gasteiger partial charge < -0.3 is 19.6 Å². The standard InChI is InChI=1S/C27H37F3N2O2/c1-18(2)22(6)26(24-8-10-25(11-9-24)34-27(28,29)30)16-19(3)23(7)31-13-14-32(21(5)17-31)20(4)12-15-33/h8-11,16,18,21,33H,4,6,12-15,17H2,1-3,5,7H3/b23-19+,26-16+. The highest BCUT2D eigenvalue weighted by atomic mass is 19.4. The van der Waals surface area contributed by atoms with E-state index in [-0.39, 0.29) is 24.3 Å². The molecule has 2 rings (SSSR count). The van der Waals surface area contributed by atoms with Crippen molar-refractivity contribution in [2.24, 2.45) is 5.92 Å². The van der Waals surface area contributed by atoms with Crippen molar-refractivity contribution in [3.63, 3.8) is 0 Å². The van der Waals surface area contributed by atoms with Crippen LogP contribution in [0.2, 0.25) is 0 Å². The van der Waals surface area contributed by atoms with Gasteiger partial charge in [-0.1, -0.05) is 39.1 Å². The summed E-state index contributed by atoms with van der Waals surface area (Å²) in [6, 6.07) is 6.20. The van der Waals surface area contributed by atoms with E-state index in [1.54, 1.807) is 12.1 Å². The van der Waals surface area contributed by atoms with Gasteiger partial charge in [-0.2, -0.15) is 0 Å². The van der Waals surface area contributed by atoms with E-state index in [1.807, 2.05) is 20.8 Å². The summed E-state index contributed by atoms with van der Waals surface area (Å²) in [5, 5.41) is 9.22. The molecule has 1 fully saturated rings. The first-order chi connectivity index (χ1) is 15.8. The molecule has 1 unspecified atom stereocenters. The number of hydrogen-bond acceptors (Lipinski definition) is 4. The van der Waals surface area contributed by atoms with Gasteiger partial charge in [0.1, 0.15) is 5.75 Å². The first-order valence-corrected chi connectivity index (χ1v) is 11.6. The highest BCUT2D eigenvalue weighted by molar-refractivity contribution is 5.80. The van der Waals surface area contributed by atoms with E-state index in [0.717, 1.165) is 53.3 Å². The second-order valence-electron chi connectivity index (χ2n) is 9.11. The molecule has 4 nitrogen and oxygen atoms in total. The number of benzene rings is 1. The van der Waals surface area contributed by atoms with E-state index in [4.69, 9.17) is 0 Å². The minimum Gasteiger partial charge on any atom is -0.406 e. The van der Waals surface area contributed by atoms with Crippen molar-refractivity contribution in [2.45, 2.75) is 53.4 Å². The molecule has 1 aliphatic rings. The first-order valence-electron chi connectivity index (χ1n) is 11.6. The van der Waals surface area contributed by atoms with Gasteiger partial charge in [0.25, 0.3) is 0 Å². The zero-order valence-electron chi connectivity index (χ0n) is 20.9. The summed E-state index contributed by atoms with van der Waals surface area (Å²) in [6.45, 7) is 21.3. The second kappa shape index (κ2) is 11.6. The highest BCUT2D eigenvalue weighted by Gasteiger charge is 2.31. The lowest BCUT2D eigenvalue weighted by Crippen LogP contribution is -2.50. The lowest BCUT2D eigenvalue weighted by Gasteiger charge is -2.43. The SMILES string of the molecule is C=C(/C(=C\C(C)=C(/C)N1CCN(C(=C)CCO)C(C)C1)c1ccc(OC(F)(F)F)cc1)C(C)C. The van der Waals surface area contributed by atoms with Crippen LogP contribution in [0.25, 0.3) is 5.57 Å². The quantitative estimate of drug-likeness (QED) is 0.418. The molecule has 0 aromatic heterocycles. The summed E-state index contributed by atoms with van der Waals surface area (Å²) in [7, 11) is 0. The van der Waals surface area contributed by atoms with Crippen LogP contribution < -0.4 is 4.74 Å². The molecule has 1 heterocycles. The molecule has 0 saturated carbocycles. The molecular formula is C27H37F3N2O2. The molecule has 1 aromatic rings. The van der Waals surface area contributed by atoms with Crippen LogP contribution in [-0.2, 0) is 0 Å². The maximum Gasteiger partial charge on any atom is 0.573 e. The topological polar surface area (TPSA) is 35.9 Å². The van der Waals surface area contributed by atoms with Crippen LogP contribution in [0.1, 0.15) is 46.6 Å². The van der Waals surface area contributed by atoms with Gasteiger partial charge in [0.15, 0.2) is 0 Å². The van der Waals surface area contributed by atoms with Crippen LogP contribution >= 0.6 is 0 Å². The smallest absolute Gasteiger partial charge is 0.406 e. The Morgan fingerprint density at radius 2 is 1.79 bits per heavy atom. The fraction of sp³-hybridized carbons (Fsp3) is 0.481. The summed E-state index contributed by atoms with van der Waals surface area (Å²) in [6.07, 6.45) is -2.07. The lowest BCUT2D eigenvalue weighted by atomic mass is 9.90. The van der Waals surface area contributed by atoms with Gasteiger partial charge in [-0.05, 0) is 67.2 Å². The molecule has 34 heavy (non-hydrogen) atoms. The number of halogens is 3. The van der Waals surface area contributed by atoms with Crippen LogP contribution in [0.5, 0.6) is 5.75 Å². The monoisotopic (exact) mass is 478 g/mol. The van der Waals surface area contributed by atoms with Gasteiger partial charge in [0.2, 0.25) is 0 Å². The molecule has 1 saturated heterocycles. The molecule has 1 aromatic carbocycles. The summed E-state index contributed by atoms with van der Waals surface area (Å²) in [5.74, 6) is -0.0737. The Kier molecular flexibility index (Phi) is 9.45. The van der Waals surface area contributed by atoms with E-state index in [9.17, 15) is 18.3 Å². The van der Waals surface area contributed by atoms with Crippen LogP contribution in [0.3, 0.4) is 0 Å². The third kappa shape index (κ3) is 7.42. The molecule has 7 heteroatoms. The van der Waals surface area contributed by atoms with E-state index in [0.29, 0.717) is 6.42 Å². The number of rotatable bonds is 9. The predicted octanol–water partition coefficient (Wildman–Crippen LogP) is 6.38. The third-order valence-electron chi connectivity index (χ3n) is 6.28. The number of ether oxygens (including phenoxy) is 1. The Hall–Kier alpha value is -2.67. The first kappa shape index (κ1) is 27.6.